The molecule has 0 aliphatic heterocycles. The molecule has 9 heteroatoms. The first kappa shape index (κ1) is 20.3. The molecule has 0 bridgehead atoms. The van der Waals surface area contributed by atoms with Gasteiger partial charge in [-0.15, -0.1) is 17.5 Å². The number of hydrogen-bond donors (Lipinski definition) is 2. The Morgan fingerprint density at radius 2 is 1.96 bits per heavy atom. The van der Waals surface area contributed by atoms with Gasteiger partial charge in [0.25, 0.3) is 0 Å². The molecule has 1 fully saturated rings. The maximum atomic E-state index is 12.5. The van der Waals surface area contributed by atoms with Crippen LogP contribution in [0.5, 0.6) is 0 Å². The number of halogens is 2. The molecular weight excluding hydrogens is 399 g/mol. The van der Waals surface area contributed by atoms with Gasteiger partial charge in [-0.25, -0.2) is 0 Å². The Labute approximate surface area is 173 Å². The molecule has 0 radical (unpaired) electrons. The third-order valence-corrected chi connectivity index (χ3v) is 4.92. The van der Waals surface area contributed by atoms with E-state index in [1.165, 1.54) is 0 Å². The van der Waals surface area contributed by atoms with Crippen LogP contribution < -0.4 is 11.1 Å². The number of carbonyl (C=O) groups excluding carboxylic acids is 1. The van der Waals surface area contributed by atoms with Gasteiger partial charge in [0.15, 0.2) is 5.82 Å². The van der Waals surface area contributed by atoms with E-state index in [1.54, 1.807) is 22.9 Å². The molecular formula is C19H20Cl2N6O. The van der Waals surface area contributed by atoms with E-state index in [4.69, 9.17) is 17.3 Å². The van der Waals surface area contributed by atoms with E-state index in [-0.39, 0.29) is 18.3 Å². The topological polar surface area (TPSA) is 98.7 Å². The Bertz CT molecular complexity index is 984. The van der Waals surface area contributed by atoms with Gasteiger partial charge < -0.3 is 11.1 Å². The highest BCUT2D eigenvalue weighted by atomic mass is 35.5. The molecule has 3 aromatic rings. The third kappa shape index (κ3) is 4.16. The lowest BCUT2D eigenvalue weighted by Gasteiger charge is -2.14. The molecule has 1 atom stereocenters. The summed E-state index contributed by atoms with van der Waals surface area (Å²) in [5.41, 5.74) is 9.17. The van der Waals surface area contributed by atoms with Crippen LogP contribution in [0.2, 0.25) is 5.02 Å². The summed E-state index contributed by atoms with van der Waals surface area (Å²) in [5, 5.41) is 15.3. The highest BCUT2D eigenvalue weighted by Crippen LogP contribution is 2.40. The van der Waals surface area contributed by atoms with Crippen LogP contribution in [0.4, 0.5) is 5.69 Å². The number of anilines is 1. The predicted octanol–water partition coefficient (Wildman–Crippen LogP) is 3.56. The number of benzene rings is 2. The molecule has 1 aromatic heterocycles. The fourth-order valence-corrected chi connectivity index (χ4v) is 3.06. The van der Waals surface area contributed by atoms with Crippen LogP contribution in [-0.4, -0.2) is 26.1 Å². The first-order valence-electron chi connectivity index (χ1n) is 8.74. The molecule has 0 saturated heterocycles. The summed E-state index contributed by atoms with van der Waals surface area (Å²) in [6.07, 6.45) is 2.14. The molecule has 1 saturated carbocycles. The number of rotatable bonds is 5. The Kier molecular flexibility index (Phi) is 5.98. The van der Waals surface area contributed by atoms with Crippen LogP contribution in [0.25, 0.3) is 5.69 Å². The van der Waals surface area contributed by atoms with Crippen molar-refractivity contribution in [3.63, 3.8) is 0 Å². The van der Waals surface area contributed by atoms with Crippen molar-refractivity contribution in [2.45, 2.75) is 31.7 Å². The van der Waals surface area contributed by atoms with E-state index < -0.39 is 6.04 Å². The fourth-order valence-electron chi connectivity index (χ4n) is 2.86. The average molecular weight is 419 g/mol. The number of carbonyl (C=O) groups is 1. The summed E-state index contributed by atoms with van der Waals surface area (Å²) in [7, 11) is 0. The second kappa shape index (κ2) is 8.26. The minimum absolute atomic E-state index is 0. The van der Waals surface area contributed by atoms with Crippen LogP contribution >= 0.6 is 24.0 Å². The van der Waals surface area contributed by atoms with E-state index in [0.29, 0.717) is 22.3 Å². The van der Waals surface area contributed by atoms with Crippen LogP contribution in [0, 0.1) is 6.92 Å². The highest BCUT2D eigenvalue weighted by Gasteiger charge is 2.30. The maximum Gasteiger partial charge on any atom is 0.245 e. The van der Waals surface area contributed by atoms with E-state index >= 15 is 0 Å². The molecule has 1 aliphatic rings. The standard InChI is InChI=1S/C19H19ClN6O.ClH/c1-11-2-4-12(5-3-11)17(21)19(27)22-14-8-9-15(20)16(10-14)26-18(13-6-7-13)23-24-25-26;/h2-5,8-10,13,17H,6-7,21H2,1H3,(H,22,27);1H. The average Bonchev–Trinajstić information content (AvgIpc) is 3.40. The minimum atomic E-state index is -0.764. The largest absolute Gasteiger partial charge is 0.324 e. The van der Waals surface area contributed by atoms with Crippen molar-refractivity contribution < 1.29 is 4.79 Å². The van der Waals surface area contributed by atoms with E-state index in [2.05, 4.69) is 20.8 Å². The van der Waals surface area contributed by atoms with Crippen LogP contribution in [0.1, 0.15) is 41.8 Å². The zero-order valence-corrected chi connectivity index (χ0v) is 16.7. The van der Waals surface area contributed by atoms with Gasteiger partial charge in [-0.05, 0) is 54.0 Å². The van der Waals surface area contributed by atoms with Gasteiger partial charge in [-0.3, -0.25) is 4.79 Å². The maximum absolute atomic E-state index is 12.5. The molecule has 3 N–H and O–H groups in total. The monoisotopic (exact) mass is 418 g/mol. The first-order chi connectivity index (χ1) is 13.0. The Hall–Kier alpha value is -2.48. The molecule has 1 unspecified atom stereocenters. The van der Waals surface area contributed by atoms with Crippen molar-refractivity contribution in [3.05, 3.63) is 64.4 Å². The van der Waals surface area contributed by atoms with Crippen LogP contribution in [0.3, 0.4) is 0 Å². The lowest BCUT2D eigenvalue weighted by atomic mass is 10.1. The molecule has 1 heterocycles. The van der Waals surface area contributed by atoms with Gasteiger partial charge in [0.2, 0.25) is 5.91 Å². The molecule has 28 heavy (non-hydrogen) atoms. The van der Waals surface area contributed by atoms with Crippen molar-refractivity contribution in [3.8, 4) is 5.69 Å². The third-order valence-electron chi connectivity index (χ3n) is 4.60. The zero-order valence-electron chi connectivity index (χ0n) is 15.2. The molecule has 0 spiro atoms. The normalized spacial score (nSPS) is 14.2. The smallest absolute Gasteiger partial charge is 0.245 e. The van der Waals surface area contributed by atoms with Crippen molar-refractivity contribution in [2.24, 2.45) is 5.73 Å². The molecule has 146 valence electrons. The lowest BCUT2D eigenvalue weighted by molar-refractivity contribution is -0.117. The quantitative estimate of drug-likeness (QED) is 0.659. The van der Waals surface area contributed by atoms with Crippen LogP contribution in [0.15, 0.2) is 42.5 Å². The number of hydrogen-bond acceptors (Lipinski definition) is 5. The van der Waals surface area contributed by atoms with E-state index in [0.717, 1.165) is 29.8 Å². The summed E-state index contributed by atoms with van der Waals surface area (Å²) in [4.78, 5) is 12.5. The van der Waals surface area contributed by atoms with Crippen molar-refractivity contribution in [2.75, 3.05) is 5.32 Å². The predicted molar refractivity (Wildman–Crippen MR) is 110 cm³/mol. The summed E-state index contributed by atoms with van der Waals surface area (Å²) >= 11 is 6.34. The first-order valence-corrected chi connectivity index (χ1v) is 9.12. The summed E-state index contributed by atoms with van der Waals surface area (Å²) < 4.78 is 1.63. The number of tetrazole rings is 1. The van der Waals surface area contributed by atoms with Gasteiger partial charge >= 0.3 is 0 Å². The van der Waals surface area contributed by atoms with Crippen molar-refractivity contribution >= 4 is 35.6 Å². The summed E-state index contributed by atoms with van der Waals surface area (Å²) in [6, 6.07) is 12.0. The number of nitrogens with two attached hydrogens (primary N) is 1. The van der Waals surface area contributed by atoms with Gasteiger partial charge in [0, 0.05) is 11.6 Å². The van der Waals surface area contributed by atoms with E-state index in [9.17, 15) is 4.79 Å². The fraction of sp³-hybridized carbons (Fsp3) is 0.263. The van der Waals surface area contributed by atoms with Crippen molar-refractivity contribution in [1.29, 1.82) is 0 Å². The minimum Gasteiger partial charge on any atom is -0.324 e. The van der Waals surface area contributed by atoms with E-state index in [1.807, 2.05) is 31.2 Å². The van der Waals surface area contributed by atoms with Gasteiger partial charge in [-0.2, -0.15) is 4.68 Å². The Balaban J connectivity index is 0.00000225. The Morgan fingerprint density at radius 3 is 2.64 bits per heavy atom. The van der Waals surface area contributed by atoms with Gasteiger partial charge in [0.05, 0.1) is 10.7 Å². The number of nitrogens with zero attached hydrogens (tertiary/aromatic N) is 4. The summed E-state index contributed by atoms with van der Waals surface area (Å²) in [6.45, 7) is 1.99. The molecule has 1 amide bonds. The molecule has 1 aliphatic carbocycles. The zero-order chi connectivity index (χ0) is 19.0. The number of nitrogens with one attached hydrogen (secondary N) is 1. The van der Waals surface area contributed by atoms with Gasteiger partial charge in [0.1, 0.15) is 6.04 Å². The highest BCUT2D eigenvalue weighted by molar-refractivity contribution is 6.32. The van der Waals surface area contributed by atoms with Gasteiger partial charge in [-0.1, -0.05) is 41.4 Å². The second-order valence-electron chi connectivity index (χ2n) is 6.77. The summed E-state index contributed by atoms with van der Waals surface area (Å²) in [5.74, 6) is 0.854. The molecule has 4 rings (SSSR count). The Morgan fingerprint density at radius 1 is 1.25 bits per heavy atom. The molecule has 2 aromatic carbocycles. The molecule has 7 nitrogen and oxygen atoms in total. The lowest BCUT2D eigenvalue weighted by Crippen LogP contribution is -2.27. The van der Waals surface area contributed by atoms with Crippen LogP contribution in [-0.2, 0) is 4.79 Å². The number of amides is 1. The number of aromatic nitrogens is 4. The second-order valence-corrected chi connectivity index (χ2v) is 7.17. The number of aryl methyl sites for hydroxylation is 1. The SMILES string of the molecule is Cc1ccc(C(N)C(=O)Nc2ccc(Cl)c(-n3nnnc3C3CC3)c2)cc1.Cl. The van der Waals surface area contributed by atoms with Crippen molar-refractivity contribution in [1.82, 2.24) is 20.2 Å².